The Balaban J connectivity index is 2.76. The molecule has 164 valence electrons. The number of carbonyl (C=O) groups is 2. The van der Waals surface area contributed by atoms with Crippen molar-refractivity contribution < 1.29 is 19.1 Å². The summed E-state index contributed by atoms with van der Waals surface area (Å²) >= 11 is 0. The summed E-state index contributed by atoms with van der Waals surface area (Å²) < 4.78 is 11.4. The fraction of sp³-hybridized carbons (Fsp3) is 0.667. The maximum Gasteiger partial charge on any atom is 0.302 e. The monoisotopic (exact) mass is 405 g/mol. The number of carbonyl (C=O) groups excluding carboxylic acids is 2. The lowest BCUT2D eigenvalue weighted by Gasteiger charge is -2.34. The Morgan fingerprint density at radius 3 is 2.34 bits per heavy atom. The highest BCUT2D eigenvalue weighted by atomic mass is 16.5. The van der Waals surface area contributed by atoms with Gasteiger partial charge in [0, 0.05) is 13.8 Å². The van der Waals surface area contributed by atoms with Crippen LogP contribution in [-0.4, -0.2) is 30.6 Å². The van der Waals surface area contributed by atoms with Crippen LogP contribution in [0.4, 0.5) is 0 Å². The first kappa shape index (κ1) is 25.0. The smallest absolute Gasteiger partial charge is 0.302 e. The molecule has 1 aromatic carbocycles. The van der Waals surface area contributed by atoms with Crippen molar-refractivity contribution in [2.24, 2.45) is 0 Å². The summed E-state index contributed by atoms with van der Waals surface area (Å²) in [5.41, 5.74) is 0.564. The number of benzene rings is 1. The predicted molar refractivity (Wildman–Crippen MR) is 117 cm³/mol. The van der Waals surface area contributed by atoms with Crippen LogP contribution in [0.2, 0.25) is 0 Å². The van der Waals surface area contributed by atoms with Gasteiger partial charge in [-0.3, -0.25) is 9.59 Å². The third kappa shape index (κ3) is 10.3. The van der Waals surface area contributed by atoms with Gasteiger partial charge in [0.05, 0.1) is 12.1 Å². The molecule has 1 amide bonds. The van der Waals surface area contributed by atoms with Crippen LogP contribution < -0.4 is 10.1 Å². The molecule has 0 aliphatic carbocycles. The number of ether oxygens (including phenoxy) is 2. The van der Waals surface area contributed by atoms with Crippen LogP contribution in [0.1, 0.15) is 84.6 Å². The molecular formula is C24H39NO4. The molecule has 0 radical (unpaired) electrons. The molecule has 5 heteroatoms. The molecule has 0 aromatic heterocycles. The van der Waals surface area contributed by atoms with Gasteiger partial charge in [-0.05, 0) is 37.3 Å². The quantitative estimate of drug-likeness (QED) is 0.321. The Labute approximate surface area is 176 Å². The van der Waals surface area contributed by atoms with E-state index in [2.05, 4.69) is 25.2 Å². The van der Waals surface area contributed by atoms with Crippen LogP contribution >= 0.6 is 0 Å². The number of rotatable bonds is 15. The van der Waals surface area contributed by atoms with E-state index in [1.165, 1.54) is 39.5 Å². The summed E-state index contributed by atoms with van der Waals surface area (Å²) in [6.45, 7) is 8.10. The van der Waals surface area contributed by atoms with E-state index < -0.39 is 5.54 Å². The number of esters is 1. The lowest BCUT2D eigenvalue weighted by atomic mass is 9.87. The van der Waals surface area contributed by atoms with Crippen LogP contribution in [-0.2, 0) is 20.7 Å². The van der Waals surface area contributed by atoms with Crippen LogP contribution in [0, 0.1) is 0 Å². The summed E-state index contributed by atoms with van der Waals surface area (Å²) in [6, 6.07) is 8.08. The van der Waals surface area contributed by atoms with E-state index >= 15 is 0 Å². The number of nitrogens with one attached hydrogen (secondary N) is 1. The largest absolute Gasteiger partial charge is 0.493 e. The van der Waals surface area contributed by atoms with Crippen molar-refractivity contribution in [1.82, 2.24) is 5.32 Å². The average molecular weight is 406 g/mol. The van der Waals surface area contributed by atoms with Gasteiger partial charge in [0.1, 0.15) is 12.4 Å². The van der Waals surface area contributed by atoms with Gasteiger partial charge in [-0.25, -0.2) is 0 Å². The van der Waals surface area contributed by atoms with Crippen LogP contribution in [0.15, 0.2) is 24.3 Å². The lowest BCUT2D eigenvalue weighted by Crippen LogP contribution is -2.52. The lowest BCUT2D eigenvalue weighted by molar-refractivity contribution is -0.144. The molecule has 5 nitrogen and oxygen atoms in total. The summed E-state index contributed by atoms with van der Waals surface area (Å²) in [5, 5.41) is 3.05. The second-order valence-electron chi connectivity index (χ2n) is 7.86. The molecule has 0 bridgehead atoms. The van der Waals surface area contributed by atoms with Crippen molar-refractivity contribution in [2.75, 3.05) is 13.2 Å². The fourth-order valence-electron chi connectivity index (χ4n) is 3.64. The standard InChI is InChI=1S/C24H39NO4/c1-5-7-8-9-12-18-28-23-14-11-10-13-22(23)15-17-24(16-6-2,25-20(3)26)19-29-21(4)27/h10-11,13-14H,5-9,12,15-19H2,1-4H3,(H,25,26). The van der Waals surface area contributed by atoms with Gasteiger partial charge in [0.2, 0.25) is 5.91 Å². The van der Waals surface area contributed by atoms with Crippen LogP contribution in [0.3, 0.4) is 0 Å². The second kappa shape index (κ2) is 14.0. The zero-order chi connectivity index (χ0) is 21.5. The highest BCUT2D eigenvalue weighted by molar-refractivity contribution is 5.74. The zero-order valence-corrected chi connectivity index (χ0v) is 18.7. The number of hydrogen-bond donors (Lipinski definition) is 1. The minimum Gasteiger partial charge on any atom is -0.493 e. The Hall–Kier alpha value is -2.04. The molecule has 1 atom stereocenters. The SMILES string of the molecule is CCCCCCCOc1ccccc1CCC(CCC)(COC(C)=O)NC(C)=O. The van der Waals surface area contributed by atoms with Gasteiger partial charge >= 0.3 is 5.97 Å². The molecule has 0 heterocycles. The van der Waals surface area contributed by atoms with E-state index in [9.17, 15) is 9.59 Å². The van der Waals surface area contributed by atoms with Crippen molar-refractivity contribution >= 4 is 11.9 Å². The Morgan fingerprint density at radius 1 is 0.966 bits per heavy atom. The van der Waals surface area contributed by atoms with E-state index in [4.69, 9.17) is 9.47 Å². The third-order valence-electron chi connectivity index (χ3n) is 5.07. The van der Waals surface area contributed by atoms with Gasteiger partial charge in [0.15, 0.2) is 0 Å². The number of hydrogen-bond acceptors (Lipinski definition) is 4. The Bertz CT molecular complexity index is 617. The van der Waals surface area contributed by atoms with E-state index in [1.54, 1.807) is 0 Å². The molecule has 0 spiro atoms. The number of unbranched alkanes of at least 4 members (excludes halogenated alkanes) is 4. The molecule has 0 saturated carbocycles. The van der Waals surface area contributed by atoms with Gasteiger partial charge < -0.3 is 14.8 Å². The normalized spacial score (nSPS) is 12.8. The maximum atomic E-state index is 11.8. The minimum atomic E-state index is -0.556. The highest BCUT2D eigenvalue weighted by Crippen LogP contribution is 2.26. The third-order valence-corrected chi connectivity index (χ3v) is 5.07. The van der Waals surface area contributed by atoms with Crippen molar-refractivity contribution in [1.29, 1.82) is 0 Å². The number of aryl methyl sites for hydroxylation is 1. The van der Waals surface area contributed by atoms with E-state index in [-0.39, 0.29) is 18.5 Å². The molecule has 29 heavy (non-hydrogen) atoms. The van der Waals surface area contributed by atoms with Crippen molar-refractivity contribution in [3.63, 3.8) is 0 Å². The van der Waals surface area contributed by atoms with Gasteiger partial charge in [-0.15, -0.1) is 0 Å². The zero-order valence-electron chi connectivity index (χ0n) is 18.7. The topological polar surface area (TPSA) is 64.6 Å². The molecule has 0 saturated heterocycles. The molecule has 0 aliphatic heterocycles. The molecule has 1 rings (SSSR count). The first-order valence-corrected chi connectivity index (χ1v) is 11.0. The van der Waals surface area contributed by atoms with Gasteiger partial charge in [-0.2, -0.15) is 0 Å². The highest BCUT2D eigenvalue weighted by Gasteiger charge is 2.31. The first-order valence-electron chi connectivity index (χ1n) is 11.0. The van der Waals surface area contributed by atoms with Crippen molar-refractivity contribution in [3.05, 3.63) is 29.8 Å². The summed E-state index contributed by atoms with van der Waals surface area (Å²) in [5.74, 6) is 0.466. The van der Waals surface area contributed by atoms with Crippen LogP contribution in [0.5, 0.6) is 5.75 Å². The van der Waals surface area contributed by atoms with Crippen molar-refractivity contribution in [3.8, 4) is 5.75 Å². The molecule has 1 unspecified atom stereocenters. The molecular weight excluding hydrogens is 366 g/mol. The van der Waals surface area contributed by atoms with E-state index in [0.717, 1.165) is 43.6 Å². The number of amides is 1. The summed E-state index contributed by atoms with van der Waals surface area (Å²) in [4.78, 5) is 23.2. The average Bonchev–Trinajstić information content (AvgIpc) is 2.68. The minimum absolute atomic E-state index is 0.109. The number of para-hydroxylation sites is 1. The molecule has 1 aromatic rings. The fourth-order valence-corrected chi connectivity index (χ4v) is 3.64. The summed E-state index contributed by atoms with van der Waals surface area (Å²) in [7, 11) is 0. The van der Waals surface area contributed by atoms with E-state index in [1.807, 2.05) is 18.2 Å². The summed E-state index contributed by atoms with van der Waals surface area (Å²) in [6.07, 6.45) is 9.10. The molecule has 0 fully saturated rings. The maximum absolute atomic E-state index is 11.8. The second-order valence-corrected chi connectivity index (χ2v) is 7.86. The first-order chi connectivity index (χ1) is 13.9. The molecule has 1 N–H and O–H groups in total. The van der Waals surface area contributed by atoms with E-state index in [0.29, 0.717) is 6.42 Å². The molecule has 0 aliphatic rings. The Morgan fingerprint density at radius 2 is 1.69 bits per heavy atom. The predicted octanol–water partition coefficient (Wildman–Crippen LogP) is 5.21. The van der Waals surface area contributed by atoms with Gasteiger partial charge in [0.25, 0.3) is 0 Å². The van der Waals surface area contributed by atoms with Crippen LogP contribution in [0.25, 0.3) is 0 Å². The Kier molecular flexibility index (Phi) is 12.1. The van der Waals surface area contributed by atoms with Crippen molar-refractivity contribution in [2.45, 2.75) is 91.0 Å². The van der Waals surface area contributed by atoms with Gasteiger partial charge in [-0.1, -0.05) is 64.2 Å².